The number of nitrogens with zero attached hydrogens (tertiary/aromatic N) is 3. The number of imidazole rings is 1. The van der Waals surface area contributed by atoms with E-state index in [9.17, 15) is 0 Å². The number of rotatable bonds is 3. The van der Waals surface area contributed by atoms with E-state index in [1.807, 2.05) is 18.3 Å². The van der Waals surface area contributed by atoms with Crippen LogP contribution >= 0.6 is 23.2 Å². The van der Waals surface area contributed by atoms with Gasteiger partial charge in [-0.25, -0.2) is 9.97 Å². The van der Waals surface area contributed by atoms with Gasteiger partial charge in [-0.2, -0.15) is 0 Å². The van der Waals surface area contributed by atoms with E-state index in [0.29, 0.717) is 16.1 Å². The summed E-state index contributed by atoms with van der Waals surface area (Å²) in [6.45, 7) is 0. The largest absolute Gasteiger partial charge is 0.356 e. The maximum atomic E-state index is 6.13. The lowest BCUT2D eigenvalue weighted by molar-refractivity contribution is 0.426. The van der Waals surface area contributed by atoms with E-state index in [-0.39, 0.29) is 0 Å². The molecule has 2 aromatic heterocycles. The molecule has 4 nitrogen and oxygen atoms in total. The molecule has 0 aliphatic heterocycles. The van der Waals surface area contributed by atoms with Crippen LogP contribution in [0, 0.1) is 0 Å². The SMILES string of the molecule is CN(c1ncccc1-c1nc2cc(Cl)c(Cl)cc2[nH]1)C1CCCCC1. The summed E-state index contributed by atoms with van der Waals surface area (Å²) in [5, 5.41) is 1.04. The molecule has 6 heteroatoms. The highest BCUT2D eigenvalue weighted by Gasteiger charge is 2.22. The first-order valence-electron chi connectivity index (χ1n) is 8.66. The number of pyridine rings is 1. The van der Waals surface area contributed by atoms with Crippen molar-refractivity contribution in [2.75, 3.05) is 11.9 Å². The predicted octanol–water partition coefficient (Wildman–Crippen LogP) is 5.70. The zero-order valence-corrected chi connectivity index (χ0v) is 15.6. The first-order valence-corrected chi connectivity index (χ1v) is 9.42. The van der Waals surface area contributed by atoms with Crippen LogP contribution < -0.4 is 4.90 Å². The molecular formula is C19H20Cl2N4. The number of anilines is 1. The van der Waals surface area contributed by atoms with Crippen molar-refractivity contribution in [3.63, 3.8) is 0 Å². The molecule has 1 aliphatic rings. The van der Waals surface area contributed by atoms with Crippen LogP contribution in [-0.2, 0) is 0 Å². The lowest BCUT2D eigenvalue weighted by Crippen LogP contribution is -2.34. The third-order valence-corrected chi connectivity index (χ3v) is 5.74. The molecule has 1 saturated carbocycles. The van der Waals surface area contributed by atoms with Gasteiger partial charge < -0.3 is 9.88 Å². The molecule has 4 rings (SSSR count). The number of nitrogens with one attached hydrogen (secondary N) is 1. The number of halogens is 2. The number of hydrogen-bond donors (Lipinski definition) is 1. The van der Waals surface area contributed by atoms with E-state index in [2.05, 4.69) is 28.0 Å². The Labute approximate surface area is 157 Å². The lowest BCUT2D eigenvalue weighted by Gasteiger charge is -2.33. The van der Waals surface area contributed by atoms with Crippen LogP contribution in [0.5, 0.6) is 0 Å². The number of aromatic nitrogens is 3. The number of aromatic amines is 1. The van der Waals surface area contributed by atoms with Gasteiger partial charge in [-0.05, 0) is 37.1 Å². The molecule has 0 spiro atoms. The van der Waals surface area contributed by atoms with E-state index < -0.39 is 0 Å². The standard InChI is InChI=1S/C19H20Cl2N4/c1-25(12-6-3-2-4-7-12)19-13(8-5-9-22-19)18-23-16-10-14(20)15(21)11-17(16)24-18/h5,8-12H,2-4,6-7H2,1H3,(H,23,24). The van der Waals surface area contributed by atoms with E-state index >= 15 is 0 Å². The van der Waals surface area contributed by atoms with Crippen molar-refractivity contribution >= 4 is 40.1 Å². The molecule has 0 saturated heterocycles. The molecule has 3 aromatic rings. The summed E-state index contributed by atoms with van der Waals surface area (Å²) in [5.41, 5.74) is 2.68. The van der Waals surface area contributed by atoms with Crippen molar-refractivity contribution in [2.24, 2.45) is 0 Å². The summed E-state index contributed by atoms with van der Waals surface area (Å²) in [5.74, 6) is 1.75. The number of H-pyrrole nitrogens is 1. The number of benzene rings is 1. The number of fused-ring (bicyclic) bond motifs is 1. The fourth-order valence-corrected chi connectivity index (χ4v) is 3.96. The van der Waals surface area contributed by atoms with Crippen LogP contribution in [0.2, 0.25) is 10.0 Å². The molecule has 1 N–H and O–H groups in total. The molecule has 25 heavy (non-hydrogen) atoms. The molecule has 0 radical (unpaired) electrons. The molecule has 0 bridgehead atoms. The first-order chi connectivity index (χ1) is 12.1. The summed E-state index contributed by atoms with van der Waals surface area (Å²) in [6.07, 6.45) is 8.20. The lowest BCUT2D eigenvalue weighted by atomic mass is 9.94. The first kappa shape index (κ1) is 16.7. The molecule has 1 aliphatic carbocycles. The van der Waals surface area contributed by atoms with Gasteiger partial charge in [-0.1, -0.05) is 42.5 Å². The summed E-state index contributed by atoms with van der Waals surface area (Å²) < 4.78 is 0. The Kier molecular flexibility index (Phi) is 4.57. The average Bonchev–Trinajstić information content (AvgIpc) is 3.05. The van der Waals surface area contributed by atoms with Gasteiger partial charge in [0.15, 0.2) is 0 Å². The normalized spacial score (nSPS) is 15.6. The Morgan fingerprint density at radius 1 is 1.12 bits per heavy atom. The van der Waals surface area contributed by atoms with Crippen molar-refractivity contribution in [3.8, 4) is 11.4 Å². The second-order valence-electron chi connectivity index (χ2n) is 6.65. The van der Waals surface area contributed by atoms with E-state index in [1.54, 1.807) is 6.07 Å². The van der Waals surface area contributed by atoms with Crippen LogP contribution in [0.1, 0.15) is 32.1 Å². The van der Waals surface area contributed by atoms with Crippen LogP contribution in [0.3, 0.4) is 0 Å². The Bertz CT molecular complexity index is 861. The van der Waals surface area contributed by atoms with Gasteiger partial charge in [0.05, 0.1) is 26.6 Å². The van der Waals surface area contributed by atoms with Gasteiger partial charge in [0, 0.05) is 19.3 Å². The van der Waals surface area contributed by atoms with Crippen LogP contribution in [0.15, 0.2) is 30.5 Å². The van der Waals surface area contributed by atoms with E-state index in [1.165, 1.54) is 32.1 Å². The fraction of sp³-hybridized carbons (Fsp3) is 0.368. The van der Waals surface area contributed by atoms with Crippen molar-refractivity contribution in [1.29, 1.82) is 0 Å². The Morgan fingerprint density at radius 2 is 1.88 bits per heavy atom. The maximum absolute atomic E-state index is 6.13. The minimum Gasteiger partial charge on any atom is -0.356 e. The zero-order chi connectivity index (χ0) is 17.4. The topological polar surface area (TPSA) is 44.8 Å². The smallest absolute Gasteiger partial charge is 0.142 e. The Morgan fingerprint density at radius 3 is 2.68 bits per heavy atom. The van der Waals surface area contributed by atoms with Crippen molar-refractivity contribution in [1.82, 2.24) is 15.0 Å². The van der Waals surface area contributed by atoms with Gasteiger partial charge in [0.25, 0.3) is 0 Å². The van der Waals surface area contributed by atoms with Crippen molar-refractivity contribution < 1.29 is 0 Å². The van der Waals surface area contributed by atoms with Crippen molar-refractivity contribution in [3.05, 3.63) is 40.5 Å². The molecule has 0 atom stereocenters. The third-order valence-electron chi connectivity index (χ3n) is 5.02. The summed E-state index contributed by atoms with van der Waals surface area (Å²) in [4.78, 5) is 15.0. The van der Waals surface area contributed by atoms with E-state index in [4.69, 9.17) is 28.2 Å². The minimum atomic E-state index is 0.512. The monoisotopic (exact) mass is 374 g/mol. The van der Waals surface area contributed by atoms with Gasteiger partial charge in [0.2, 0.25) is 0 Å². The van der Waals surface area contributed by atoms with Gasteiger partial charge >= 0.3 is 0 Å². The highest BCUT2D eigenvalue weighted by Crippen LogP contribution is 2.33. The van der Waals surface area contributed by atoms with Crippen LogP contribution in [-0.4, -0.2) is 28.0 Å². The van der Waals surface area contributed by atoms with Gasteiger partial charge in [0.1, 0.15) is 11.6 Å². The molecular weight excluding hydrogens is 355 g/mol. The van der Waals surface area contributed by atoms with Gasteiger partial charge in [-0.15, -0.1) is 0 Å². The minimum absolute atomic E-state index is 0.512. The van der Waals surface area contributed by atoms with Gasteiger partial charge in [-0.3, -0.25) is 0 Å². The van der Waals surface area contributed by atoms with Crippen LogP contribution in [0.25, 0.3) is 22.4 Å². The zero-order valence-electron chi connectivity index (χ0n) is 14.1. The predicted molar refractivity (Wildman–Crippen MR) is 105 cm³/mol. The molecule has 0 amide bonds. The van der Waals surface area contributed by atoms with E-state index in [0.717, 1.165) is 28.2 Å². The Hall–Kier alpha value is -1.78. The summed E-state index contributed by atoms with van der Waals surface area (Å²) >= 11 is 12.2. The molecule has 2 heterocycles. The second-order valence-corrected chi connectivity index (χ2v) is 7.46. The summed E-state index contributed by atoms with van der Waals surface area (Å²) in [6, 6.07) is 8.15. The third kappa shape index (κ3) is 3.21. The highest BCUT2D eigenvalue weighted by atomic mass is 35.5. The molecule has 0 unspecified atom stereocenters. The summed E-state index contributed by atoms with van der Waals surface area (Å²) in [7, 11) is 2.14. The molecule has 1 fully saturated rings. The maximum Gasteiger partial charge on any atom is 0.142 e. The number of hydrogen-bond acceptors (Lipinski definition) is 3. The highest BCUT2D eigenvalue weighted by molar-refractivity contribution is 6.42. The van der Waals surface area contributed by atoms with Crippen LogP contribution in [0.4, 0.5) is 5.82 Å². The second kappa shape index (κ2) is 6.85. The Balaban J connectivity index is 1.75. The fourth-order valence-electron chi connectivity index (χ4n) is 3.64. The average molecular weight is 375 g/mol. The quantitative estimate of drug-likeness (QED) is 0.639. The molecule has 130 valence electrons. The van der Waals surface area contributed by atoms with Crippen molar-refractivity contribution in [2.45, 2.75) is 38.1 Å². The molecule has 1 aromatic carbocycles.